The lowest BCUT2D eigenvalue weighted by atomic mass is 9.86. The molecule has 1 aromatic carbocycles. The van der Waals surface area contributed by atoms with E-state index >= 15 is 0 Å². The molecule has 1 saturated heterocycles. The van der Waals surface area contributed by atoms with Crippen molar-refractivity contribution in [2.45, 2.75) is 36.6 Å². The highest BCUT2D eigenvalue weighted by atomic mass is 16.7. The van der Waals surface area contributed by atoms with Crippen molar-refractivity contribution in [3.8, 4) is 16.9 Å². The number of ether oxygens (including phenoxy) is 2. The van der Waals surface area contributed by atoms with Crippen LogP contribution in [0.1, 0.15) is 16.7 Å². The van der Waals surface area contributed by atoms with E-state index in [9.17, 15) is 25.5 Å². The quantitative estimate of drug-likeness (QED) is 0.418. The van der Waals surface area contributed by atoms with Crippen LogP contribution in [0, 0.1) is 0 Å². The molecule has 0 bridgehead atoms. The van der Waals surface area contributed by atoms with Gasteiger partial charge < -0.3 is 35.0 Å². The number of benzene rings is 1. The van der Waals surface area contributed by atoms with Crippen LogP contribution in [0.5, 0.6) is 5.75 Å². The fourth-order valence-corrected chi connectivity index (χ4v) is 4.23. The van der Waals surface area contributed by atoms with E-state index in [0.29, 0.717) is 6.42 Å². The smallest absolute Gasteiger partial charge is 0.228 e. The third-order valence-corrected chi connectivity index (χ3v) is 5.89. The molecule has 1 heterocycles. The Morgan fingerprint density at radius 2 is 1.58 bits per heavy atom. The summed E-state index contributed by atoms with van der Waals surface area (Å²) in [7, 11) is 1.26. The Morgan fingerprint density at radius 1 is 0.903 bits per heavy atom. The molecule has 5 N–H and O–H groups in total. The highest BCUT2D eigenvalue weighted by Gasteiger charge is 2.56. The second-order valence-electron chi connectivity index (χ2n) is 7.85. The van der Waals surface area contributed by atoms with Gasteiger partial charge in [0.15, 0.2) is 0 Å². The van der Waals surface area contributed by atoms with Gasteiger partial charge in [0.2, 0.25) is 5.79 Å². The fourth-order valence-electron chi connectivity index (χ4n) is 4.23. The molecular formula is C24H26O7. The zero-order chi connectivity index (χ0) is 22.2. The van der Waals surface area contributed by atoms with Crippen LogP contribution in [-0.2, 0) is 21.7 Å². The molecule has 0 radical (unpaired) electrons. The van der Waals surface area contributed by atoms with Gasteiger partial charge in [0, 0.05) is 7.11 Å². The summed E-state index contributed by atoms with van der Waals surface area (Å²) in [4.78, 5) is 0. The van der Waals surface area contributed by atoms with Crippen molar-refractivity contribution in [3.63, 3.8) is 0 Å². The first-order valence-electron chi connectivity index (χ1n) is 10.1. The Bertz CT molecular complexity index is 990. The van der Waals surface area contributed by atoms with Crippen molar-refractivity contribution in [1.82, 2.24) is 0 Å². The Kier molecular flexibility index (Phi) is 5.98. The highest BCUT2D eigenvalue weighted by molar-refractivity contribution is 5.68. The first-order valence-corrected chi connectivity index (χ1v) is 10.1. The largest absolute Gasteiger partial charge is 0.507 e. The number of aromatic hydroxyl groups is 1. The van der Waals surface area contributed by atoms with Gasteiger partial charge in [0.25, 0.3) is 0 Å². The number of fused-ring (bicyclic) bond motifs is 1. The van der Waals surface area contributed by atoms with Crippen molar-refractivity contribution >= 4 is 0 Å². The maximum Gasteiger partial charge on any atom is 0.228 e. The molecule has 0 spiro atoms. The number of phenolic OH excluding ortho intramolecular Hbond substituents is 1. The van der Waals surface area contributed by atoms with E-state index in [2.05, 4.69) is 12.1 Å². The average Bonchev–Trinajstić information content (AvgIpc) is 3.02. The number of rotatable bonds is 5. The van der Waals surface area contributed by atoms with Crippen LogP contribution in [0.4, 0.5) is 0 Å². The minimum atomic E-state index is -1.96. The molecule has 7 nitrogen and oxygen atoms in total. The van der Waals surface area contributed by atoms with Crippen LogP contribution in [0.25, 0.3) is 11.1 Å². The topological polar surface area (TPSA) is 120 Å². The van der Waals surface area contributed by atoms with Gasteiger partial charge in [-0.25, -0.2) is 0 Å². The van der Waals surface area contributed by atoms with Crippen LogP contribution < -0.4 is 0 Å². The molecule has 1 unspecified atom stereocenters. The number of aliphatic hydroxyl groups excluding tert-OH is 4. The van der Waals surface area contributed by atoms with Crippen LogP contribution in [0.15, 0.2) is 60.7 Å². The van der Waals surface area contributed by atoms with Gasteiger partial charge >= 0.3 is 0 Å². The Balaban J connectivity index is 1.72. The normalized spacial score (nSPS) is 28.7. The van der Waals surface area contributed by atoms with Crippen molar-refractivity contribution < 1.29 is 35.0 Å². The molecule has 0 aromatic heterocycles. The molecule has 0 amide bonds. The predicted molar refractivity (Wildman–Crippen MR) is 113 cm³/mol. The number of methoxy groups -OCH3 is 1. The van der Waals surface area contributed by atoms with Gasteiger partial charge in [-0.05, 0) is 40.8 Å². The van der Waals surface area contributed by atoms with Gasteiger partial charge in [-0.3, -0.25) is 0 Å². The van der Waals surface area contributed by atoms with E-state index in [1.165, 1.54) is 13.2 Å². The number of hydrogen-bond acceptors (Lipinski definition) is 7. The molecule has 1 aromatic rings. The summed E-state index contributed by atoms with van der Waals surface area (Å²) >= 11 is 0. The lowest BCUT2D eigenvalue weighted by Crippen LogP contribution is -2.64. The summed E-state index contributed by atoms with van der Waals surface area (Å²) in [5.74, 6) is -2.17. The Hall–Kier alpha value is -2.52. The van der Waals surface area contributed by atoms with Crippen molar-refractivity contribution in [2.75, 3.05) is 13.7 Å². The summed E-state index contributed by atoms with van der Waals surface area (Å²) in [5, 5.41) is 51.2. The van der Waals surface area contributed by atoms with Crippen molar-refractivity contribution in [3.05, 3.63) is 77.4 Å². The summed E-state index contributed by atoms with van der Waals surface area (Å²) in [5.41, 5.74) is 4.22. The van der Waals surface area contributed by atoms with E-state index in [0.717, 1.165) is 22.3 Å². The second-order valence-corrected chi connectivity index (χ2v) is 7.85. The molecule has 1 fully saturated rings. The molecular weight excluding hydrogens is 400 g/mol. The third-order valence-electron chi connectivity index (χ3n) is 5.89. The van der Waals surface area contributed by atoms with E-state index in [1.807, 2.05) is 30.3 Å². The first-order chi connectivity index (χ1) is 14.9. The standard InChI is InChI=1S/C24H26O7/c1-30-24(23(29)22(28)21(27)20(13-25)31-24)18-12-14(7-8-19(18)26)9-15-10-16-5-3-2-4-6-17(16)11-15/h2-8,10-12,20-23,25-29H,9,13H2,1H3/t20-,21-,22+,23-,24?/m1/s1. The maximum absolute atomic E-state index is 10.7. The molecule has 4 rings (SSSR count). The molecule has 3 aliphatic rings. The summed E-state index contributed by atoms with van der Waals surface area (Å²) in [6.07, 6.45) is -5.50. The lowest BCUT2D eigenvalue weighted by Gasteiger charge is -2.47. The number of phenols is 1. The predicted octanol–water partition coefficient (Wildman–Crippen LogP) is 1.36. The summed E-state index contributed by atoms with van der Waals surface area (Å²) < 4.78 is 11.2. The van der Waals surface area contributed by atoms with Crippen LogP contribution in [0.2, 0.25) is 0 Å². The SMILES string of the molecule is COC1(c2cc(Cc3cc4cccccc-4c3)ccc2O)O[C@H](CO)[C@@H](O)[C@H](O)[C@H]1O. The van der Waals surface area contributed by atoms with Crippen molar-refractivity contribution in [1.29, 1.82) is 0 Å². The van der Waals surface area contributed by atoms with Crippen LogP contribution in [0.3, 0.4) is 0 Å². The van der Waals surface area contributed by atoms with E-state index in [-0.39, 0.29) is 11.3 Å². The van der Waals surface area contributed by atoms with Gasteiger partial charge in [-0.1, -0.05) is 48.5 Å². The molecule has 31 heavy (non-hydrogen) atoms. The molecule has 7 heteroatoms. The van der Waals surface area contributed by atoms with Gasteiger partial charge in [0.1, 0.15) is 30.2 Å². The molecule has 5 atom stereocenters. The first kappa shape index (κ1) is 21.7. The average molecular weight is 426 g/mol. The number of aliphatic hydroxyl groups is 4. The van der Waals surface area contributed by atoms with Crippen LogP contribution >= 0.6 is 0 Å². The van der Waals surface area contributed by atoms with E-state index < -0.39 is 36.8 Å². The molecule has 2 aliphatic carbocycles. The monoisotopic (exact) mass is 426 g/mol. The Morgan fingerprint density at radius 3 is 2.19 bits per heavy atom. The van der Waals surface area contributed by atoms with Gasteiger partial charge in [-0.2, -0.15) is 0 Å². The Labute approximate surface area is 180 Å². The zero-order valence-electron chi connectivity index (χ0n) is 17.0. The van der Waals surface area contributed by atoms with Gasteiger partial charge in [0.05, 0.1) is 12.2 Å². The van der Waals surface area contributed by atoms with E-state index in [1.54, 1.807) is 12.1 Å². The minimum absolute atomic E-state index is 0.104. The van der Waals surface area contributed by atoms with Crippen LogP contribution in [-0.4, -0.2) is 63.7 Å². The maximum atomic E-state index is 10.7. The third kappa shape index (κ3) is 3.80. The highest BCUT2D eigenvalue weighted by Crippen LogP contribution is 2.43. The van der Waals surface area contributed by atoms with E-state index in [4.69, 9.17) is 9.47 Å². The second kappa shape index (κ2) is 8.55. The fraction of sp³-hybridized carbons (Fsp3) is 0.333. The molecule has 164 valence electrons. The summed E-state index contributed by atoms with van der Waals surface area (Å²) in [6.45, 7) is -0.603. The van der Waals surface area contributed by atoms with Gasteiger partial charge in [-0.15, -0.1) is 0 Å². The zero-order valence-corrected chi connectivity index (χ0v) is 17.0. The summed E-state index contributed by atoms with van der Waals surface area (Å²) in [6, 6.07) is 19.0. The number of hydrogen-bond donors (Lipinski definition) is 5. The lowest BCUT2D eigenvalue weighted by molar-refractivity contribution is -0.366. The molecule has 0 saturated carbocycles. The van der Waals surface area contributed by atoms with Crippen molar-refractivity contribution in [2.24, 2.45) is 0 Å². The molecule has 1 aliphatic heterocycles. The minimum Gasteiger partial charge on any atom is -0.507 e.